The Morgan fingerprint density at radius 2 is 2.00 bits per heavy atom. The zero-order valence-electron chi connectivity index (χ0n) is 11.7. The van der Waals surface area contributed by atoms with Gasteiger partial charge in [-0.2, -0.15) is 4.31 Å². The Morgan fingerprint density at radius 3 is 2.57 bits per heavy atom. The van der Waals surface area contributed by atoms with Crippen molar-refractivity contribution < 1.29 is 17.6 Å². The summed E-state index contributed by atoms with van der Waals surface area (Å²) < 4.78 is 39.8. The van der Waals surface area contributed by atoms with Crippen LogP contribution in [0, 0.1) is 5.82 Å². The monoisotopic (exact) mass is 315 g/mol. The Balaban J connectivity index is 2.15. The van der Waals surface area contributed by atoms with E-state index in [2.05, 4.69) is 5.32 Å². The van der Waals surface area contributed by atoms with Crippen molar-refractivity contribution in [1.82, 2.24) is 9.62 Å². The molecular formula is C13H18FN3O3S. The Bertz CT molecular complexity index is 640. The van der Waals surface area contributed by atoms with Crippen LogP contribution in [0.25, 0.3) is 0 Å². The molecule has 2 rings (SSSR count). The van der Waals surface area contributed by atoms with Gasteiger partial charge in [-0.15, -0.1) is 0 Å². The lowest BCUT2D eigenvalue weighted by Gasteiger charge is -2.31. The summed E-state index contributed by atoms with van der Waals surface area (Å²) in [5.74, 6) is -0.952. The van der Waals surface area contributed by atoms with Crippen molar-refractivity contribution in [3.63, 3.8) is 0 Å². The number of anilines is 1. The average Bonchev–Trinajstić information content (AvgIpc) is 2.41. The van der Waals surface area contributed by atoms with Crippen LogP contribution in [0.15, 0.2) is 23.1 Å². The SMILES string of the molecule is CC(=O)NC1CCN(S(=O)(=O)c2cc(N)ccc2F)CC1. The molecule has 1 aromatic rings. The molecule has 1 heterocycles. The average molecular weight is 315 g/mol. The van der Waals surface area contributed by atoms with Crippen molar-refractivity contribution in [3.05, 3.63) is 24.0 Å². The van der Waals surface area contributed by atoms with Gasteiger partial charge in [0.15, 0.2) is 0 Å². The number of nitrogen functional groups attached to an aromatic ring is 1. The lowest BCUT2D eigenvalue weighted by Crippen LogP contribution is -2.46. The molecule has 3 N–H and O–H groups in total. The summed E-state index contributed by atoms with van der Waals surface area (Å²) in [5.41, 5.74) is 5.73. The maximum Gasteiger partial charge on any atom is 0.246 e. The number of halogens is 1. The van der Waals surface area contributed by atoms with Crippen molar-refractivity contribution in [2.24, 2.45) is 0 Å². The second-order valence-electron chi connectivity index (χ2n) is 5.07. The molecule has 1 saturated heterocycles. The van der Waals surface area contributed by atoms with Gasteiger partial charge in [-0.1, -0.05) is 0 Å². The van der Waals surface area contributed by atoms with E-state index >= 15 is 0 Å². The number of nitrogens with one attached hydrogen (secondary N) is 1. The van der Waals surface area contributed by atoms with Gasteiger partial charge in [0.1, 0.15) is 10.7 Å². The van der Waals surface area contributed by atoms with E-state index in [1.165, 1.54) is 17.3 Å². The van der Waals surface area contributed by atoms with Gasteiger partial charge in [-0.3, -0.25) is 4.79 Å². The van der Waals surface area contributed by atoms with Crippen LogP contribution in [0.1, 0.15) is 19.8 Å². The van der Waals surface area contributed by atoms with Gasteiger partial charge in [-0.25, -0.2) is 12.8 Å². The minimum absolute atomic E-state index is 0.0420. The summed E-state index contributed by atoms with van der Waals surface area (Å²) in [6.07, 6.45) is 1.01. The lowest BCUT2D eigenvalue weighted by molar-refractivity contribution is -0.119. The minimum atomic E-state index is -3.90. The molecule has 1 aliphatic heterocycles. The highest BCUT2D eigenvalue weighted by Crippen LogP contribution is 2.24. The van der Waals surface area contributed by atoms with E-state index in [-0.39, 0.29) is 30.7 Å². The number of carbonyl (C=O) groups excluding carboxylic acids is 1. The van der Waals surface area contributed by atoms with E-state index in [1.54, 1.807) is 0 Å². The van der Waals surface area contributed by atoms with Crippen LogP contribution in [0.3, 0.4) is 0 Å². The highest BCUT2D eigenvalue weighted by atomic mass is 32.2. The zero-order valence-corrected chi connectivity index (χ0v) is 12.5. The van der Waals surface area contributed by atoms with Gasteiger partial charge < -0.3 is 11.1 Å². The molecule has 1 aromatic carbocycles. The van der Waals surface area contributed by atoms with Gasteiger partial charge in [0.25, 0.3) is 0 Å². The fourth-order valence-electron chi connectivity index (χ4n) is 2.38. The molecule has 1 amide bonds. The Hall–Kier alpha value is -1.67. The van der Waals surface area contributed by atoms with Crippen LogP contribution in [0.4, 0.5) is 10.1 Å². The van der Waals surface area contributed by atoms with Gasteiger partial charge in [0, 0.05) is 31.7 Å². The van der Waals surface area contributed by atoms with Crippen LogP contribution >= 0.6 is 0 Å². The summed E-state index contributed by atoms with van der Waals surface area (Å²) in [5, 5.41) is 2.76. The highest BCUT2D eigenvalue weighted by Gasteiger charge is 2.31. The Morgan fingerprint density at radius 1 is 1.38 bits per heavy atom. The summed E-state index contributed by atoms with van der Waals surface area (Å²) in [6.45, 7) is 1.90. The van der Waals surface area contributed by atoms with E-state index in [1.807, 2.05) is 0 Å². The standard InChI is InChI=1S/C13H18FN3O3S/c1-9(18)16-11-4-6-17(7-5-11)21(19,20)13-8-10(15)2-3-12(13)14/h2-3,8,11H,4-7,15H2,1H3,(H,16,18). The first-order valence-electron chi connectivity index (χ1n) is 6.63. The molecule has 21 heavy (non-hydrogen) atoms. The first kappa shape index (κ1) is 15.7. The van der Waals surface area contributed by atoms with E-state index < -0.39 is 20.7 Å². The number of rotatable bonds is 3. The second kappa shape index (κ2) is 5.98. The number of carbonyl (C=O) groups is 1. The summed E-state index contributed by atoms with van der Waals surface area (Å²) in [7, 11) is -3.90. The number of nitrogens with two attached hydrogens (primary N) is 1. The largest absolute Gasteiger partial charge is 0.399 e. The maximum absolute atomic E-state index is 13.8. The van der Waals surface area contributed by atoms with Crippen LogP contribution in [-0.2, 0) is 14.8 Å². The number of hydrogen-bond donors (Lipinski definition) is 2. The third kappa shape index (κ3) is 3.51. The first-order chi connectivity index (χ1) is 9.80. The first-order valence-corrected chi connectivity index (χ1v) is 8.07. The summed E-state index contributed by atoms with van der Waals surface area (Å²) in [4.78, 5) is 10.6. The van der Waals surface area contributed by atoms with E-state index in [0.29, 0.717) is 12.8 Å². The number of benzene rings is 1. The zero-order chi connectivity index (χ0) is 15.6. The van der Waals surface area contributed by atoms with Crippen LogP contribution < -0.4 is 11.1 Å². The fraction of sp³-hybridized carbons (Fsp3) is 0.462. The molecule has 116 valence electrons. The summed E-state index contributed by atoms with van der Waals surface area (Å²) in [6, 6.07) is 3.45. The molecule has 0 unspecified atom stereocenters. The second-order valence-corrected chi connectivity index (χ2v) is 6.98. The molecule has 1 fully saturated rings. The predicted molar refractivity (Wildman–Crippen MR) is 76.4 cm³/mol. The molecule has 0 atom stereocenters. The van der Waals surface area contributed by atoms with Gasteiger partial charge in [-0.05, 0) is 31.0 Å². The Labute approximate surface area is 123 Å². The van der Waals surface area contributed by atoms with Gasteiger partial charge >= 0.3 is 0 Å². The third-order valence-corrected chi connectivity index (χ3v) is 5.35. The predicted octanol–water partition coefficient (Wildman–Crippen LogP) is 0.697. The highest BCUT2D eigenvalue weighted by molar-refractivity contribution is 7.89. The number of piperidine rings is 1. The number of hydrogen-bond acceptors (Lipinski definition) is 4. The molecular weight excluding hydrogens is 297 g/mol. The summed E-state index contributed by atoms with van der Waals surface area (Å²) >= 11 is 0. The van der Waals surface area contributed by atoms with Crippen LogP contribution in [0.2, 0.25) is 0 Å². The van der Waals surface area contributed by atoms with Crippen molar-refractivity contribution >= 4 is 21.6 Å². The molecule has 8 heteroatoms. The topological polar surface area (TPSA) is 92.5 Å². The minimum Gasteiger partial charge on any atom is -0.399 e. The molecule has 0 aromatic heterocycles. The number of amides is 1. The smallest absolute Gasteiger partial charge is 0.246 e. The third-order valence-electron chi connectivity index (χ3n) is 3.43. The van der Waals surface area contributed by atoms with Crippen LogP contribution in [0.5, 0.6) is 0 Å². The normalized spacial score (nSPS) is 17.6. The van der Waals surface area contributed by atoms with Crippen molar-refractivity contribution in [3.8, 4) is 0 Å². The lowest BCUT2D eigenvalue weighted by atomic mass is 10.1. The van der Waals surface area contributed by atoms with E-state index in [0.717, 1.165) is 12.1 Å². The molecule has 0 spiro atoms. The molecule has 0 bridgehead atoms. The molecule has 0 saturated carbocycles. The van der Waals surface area contributed by atoms with Crippen molar-refractivity contribution in [2.45, 2.75) is 30.7 Å². The molecule has 1 aliphatic rings. The Kier molecular flexibility index (Phi) is 4.48. The fourth-order valence-corrected chi connectivity index (χ4v) is 3.95. The van der Waals surface area contributed by atoms with Gasteiger partial charge in [0.05, 0.1) is 0 Å². The molecule has 0 aliphatic carbocycles. The number of nitrogens with zero attached hydrogens (tertiary/aromatic N) is 1. The molecule has 0 radical (unpaired) electrons. The quantitative estimate of drug-likeness (QED) is 0.803. The van der Waals surface area contributed by atoms with E-state index in [9.17, 15) is 17.6 Å². The number of sulfonamides is 1. The van der Waals surface area contributed by atoms with Crippen molar-refractivity contribution in [1.29, 1.82) is 0 Å². The molecule has 6 nitrogen and oxygen atoms in total. The van der Waals surface area contributed by atoms with Crippen LogP contribution in [-0.4, -0.2) is 37.8 Å². The van der Waals surface area contributed by atoms with Crippen molar-refractivity contribution in [2.75, 3.05) is 18.8 Å². The maximum atomic E-state index is 13.8. The van der Waals surface area contributed by atoms with E-state index in [4.69, 9.17) is 5.73 Å². The van der Waals surface area contributed by atoms with Gasteiger partial charge in [0.2, 0.25) is 15.9 Å².